The minimum absolute atomic E-state index is 0.632. The molecule has 0 aliphatic heterocycles. The lowest BCUT2D eigenvalue weighted by Gasteiger charge is -2.23. The lowest BCUT2D eigenvalue weighted by molar-refractivity contribution is 0.336. The van der Waals surface area contributed by atoms with Crippen LogP contribution in [0.25, 0.3) is 0 Å². The summed E-state index contributed by atoms with van der Waals surface area (Å²) in [5.74, 6) is 0.869. The fraction of sp³-hybridized carbons (Fsp3) is 0.812. The van der Waals surface area contributed by atoms with Crippen LogP contribution in [0.2, 0.25) is 0 Å². The molecule has 1 aromatic heterocycles. The number of aryl methyl sites for hydroxylation is 1. The maximum absolute atomic E-state index is 4.39. The van der Waals surface area contributed by atoms with Gasteiger partial charge in [0.2, 0.25) is 0 Å². The van der Waals surface area contributed by atoms with Crippen molar-refractivity contribution in [2.75, 3.05) is 0 Å². The van der Waals surface area contributed by atoms with E-state index in [1.54, 1.807) is 0 Å². The van der Waals surface area contributed by atoms with Gasteiger partial charge in [-0.25, -0.2) is 0 Å². The second kappa shape index (κ2) is 7.68. The van der Waals surface area contributed by atoms with Crippen molar-refractivity contribution in [3.05, 3.63) is 18.0 Å². The van der Waals surface area contributed by atoms with Gasteiger partial charge in [-0.15, -0.1) is 0 Å². The monoisotopic (exact) mass is 263 g/mol. The van der Waals surface area contributed by atoms with Crippen molar-refractivity contribution >= 4 is 0 Å². The molecule has 1 aliphatic rings. The van der Waals surface area contributed by atoms with E-state index in [1.807, 2.05) is 10.9 Å². The second-order valence-corrected chi connectivity index (χ2v) is 6.03. The second-order valence-electron chi connectivity index (χ2n) is 6.03. The molecule has 0 aromatic carbocycles. The molecule has 1 aromatic rings. The normalized spacial score (nSPS) is 19.3. The van der Waals surface area contributed by atoms with E-state index in [0.29, 0.717) is 6.04 Å². The van der Waals surface area contributed by atoms with E-state index in [-0.39, 0.29) is 0 Å². The van der Waals surface area contributed by atoms with Gasteiger partial charge in [-0.05, 0) is 32.1 Å². The Morgan fingerprint density at radius 2 is 2.05 bits per heavy atom. The van der Waals surface area contributed by atoms with E-state index in [9.17, 15) is 0 Å². The SMILES string of the molecule is CCCn1cc(CN[C@H](C)C2CCCCCC2)cn1. The number of hydrogen-bond acceptors (Lipinski definition) is 2. The third kappa shape index (κ3) is 4.64. The summed E-state index contributed by atoms with van der Waals surface area (Å²) in [6, 6.07) is 0.632. The molecule has 19 heavy (non-hydrogen) atoms. The van der Waals surface area contributed by atoms with Crippen LogP contribution >= 0.6 is 0 Å². The van der Waals surface area contributed by atoms with Crippen molar-refractivity contribution in [3.63, 3.8) is 0 Å². The van der Waals surface area contributed by atoms with Crippen LogP contribution in [-0.2, 0) is 13.1 Å². The van der Waals surface area contributed by atoms with E-state index < -0.39 is 0 Å². The average molecular weight is 263 g/mol. The first-order valence-corrected chi connectivity index (χ1v) is 8.04. The molecule has 0 spiro atoms. The smallest absolute Gasteiger partial charge is 0.0534 e. The Balaban J connectivity index is 1.76. The molecule has 0 amide bonds. The Labute approximate surface area is 117 Å². The minimum Gasteiger partial charge on any atom is -0.310 e. The molecule has 108 valence electrons. The van der Waals surface area contributed by atoms with Gasteiger partial charge in [0.05, 0.1) is 6.20 Å². The molecule has 1 atom stereocenters. The molecule has 1 aliphatic carbocycles. The standard InChI is InChI=1S/C16H29N3/c1-3-10-19-13-15(12-18-19)11-17-14(2)16-8-6-4-5-7-9-16/h12-14,16-17H,3-11H2,1-2H3/t14-/m1/s1. The highest BCUT2D eigenvalue weighted by molar-refractivity contribution is 5.03. The molecule has 1 N–H and O–H groups in total. The Bertz CT molecular complexity index is 351. The molecule has 1 fully saturated rings. The number of nitrogens with one attached hydrogen (secondary N) is 1. The molecular formula is C16H29N3. The van der Waals surface area contributed by atoms with E-state index in [1.165, 1.54) is 44.1 Å². The summed E-state index contributed by atoms with van der Waals surface area (Å²) in [6.07, 6.45) is 13.9. The van der Waals surface area contributed by atoms with Gasteiger partial charge in [-0.1, -0.05) is 32.6 Å². The van der Waals surface area contributed by atoms with Crippen molar-refractivity contribution in [2.45, 2.75) is 77.9 Å². The third-order valence-corrected chi connectivity index (χ3v) is 4.37. The maximum Gasteiger partial charge on any atom is 0.0534 e. The number of nitrogens with zero attached hydrogens (tertiary/aromatic N) is 2. The number of aromatic nitrogens is 2. The molecule has 1 saturated carbocycles. The van der Waals surface area contributed by atoms with Crippen molar-refractivity contribution in [1.29, 1.82) is 0 Å². The van der Waals surface area contributed by atoms with Crippen molar-refractivity contribution in [3.8, 4) is 0 Å². The Kier molecular flexibility index (Phi) is 5.90. The Hall–Kier alpha value is -0.830. The number of hydrogen-bond donors (Lipinski definition) is 1. The fourth-order valence-electron chi connectivity index (χ4n) is 3.11. The van der Waals surface area contributed by atoms with Crippen LogP contribution < -0.4 is 5.32 Å². The zero-order valence-corrected chi connectivity index (χ0v) is 12.6. The highest BCUT2D eigenvalue weighted by Crippen LogP contribution is 2.25. The van der Waals surface area contributed by atoms with E-state index in [2.05, 4.69) is 30.5 Å². The lowest BCUT2D eigenvalue weighted by Crippen LogP contribution is -2.32. The Morgan fingerprint density at radius 1 is 1.32 bits per heavy atom. The van der Waals surface area contributed by atoms with Crippen LogP contribution in [0.15, 0.2) is 12.4 Å². The molecule has 0 unspecified atom stereocenters. The van der Waals surface area contributed by atoms with Crippen LogP contribution in [0, 0.1) is 5.92 Å². The highest BCUT2D eigenvalue weighted by atomic mass is 15.3. The summed E-state index contributed by atoms with van der Waals surface area (Å²) < 4.78 is 2.05. The molecular weight excluding hydrogens is 234 g/mol. The first-order valence-electron chi connectivity index (χ1n) is 8.04. The molecule has 0 saturated heterocycles. The third-order valence-electron chi connectivity index (χ3n) is 4.37. The Morgan fingerprint density at radius 3 is 2.74 bits per heavy atom. The summed E-state index contributed by atoms with van der Waals surface area (Å²) >= 11 is 0. The first-order chi connectivity index (χ1) is 9.29. The highest BCUT2D eigenvalue weighted by Gasteiger charge is 2.18. The van der Waals surface area contributed by atoms with Gasteiger partial charge >= 0.3 is 0 Å². The summed E-state index contributed by atoms with van der Waals surface area (Å²) in [5.41, 5.74) is 1.31. The largest absolute Gasteiger partial charge is 0.310 e. The summed E-state index contributed by atoms with van der Waals surface area (Å²) in [7, 11) is 0. The van der Waals surface area contributed by atoms with Gasteiger partial charge in [0, 0.05) is 30.9 Å². The fourth-order valence-corrected chi connectivity index (χ4v) is 3.11. The van der Waals surface area contributed by atoms with Crippen LogP contribution in [-0.4, -0.2) is 15.8 Å². The summed E-state index contributed by atoms with van der Waals surface area (Å²) in [5, 5.41) is 8.09. The predicted molar refractivity (Wildman–Crippen MR) is 80.0 cm³/mol. The van der Waals surface area contributed by atoms with Gasteiger partial charge < -0.3 is 5.32 Å². The molecule has 0 bridgehead atoms. The lowest BCUT2D eigenvalue weighted by atomic mass is 9.93. The summed E-state index contributed by atoms with van der Waals surface area (Å²) in [4.78, 5) is 0. The van der Waals surface area contributed by atoms with Crippen LogP contribution in [0.3, 0.4) is 0 Å². The van der Waals surface area contributed by atoms with Gasteiger partial charge in [0.15, 0.2) is 0 Å². The van der Waals surface area contributed by atoms with E-state index in [0.717, 1.165) is 25.4 Å². The molecule has 3 nitrogen and oxygen atoms in total. The number of rotatable bonds is 6. The van der Waals surface area contributed by atoms with Gasteiger partial charge in [-0.2, -0.15) is 5.10 Å². The first kappa shape index (κ1) is 14.6. The van der Waals surface area contributed by atoms with Crippen molar-refractivity contribution in [2.24, 2.45) is 5.92 Å². The van der Waals surface area contributed by atoms with Crippen LogP contribution in [0.5, 0.6) is 0 Å². The molecule has 2 rings (SSSR count). The molecule has 1 heterocycles. The molecule has 0 radical (unpaired) electrons. The van der Waals surface area contributed by atoms with E-state index in [4.69, 9.17) is 0 Å². The van der Waals surface area contributed by atoms with Crippen molar-refractivity contribution < 1.29 is 0 Å². The van der Waals surface area contributed by atoms with Crippen LogP contribution in [0.4, 0.5) is 0 Å². The van der Waals surface area contributed by atoms with Crippen molar-refractivity contribution in [1.82, 2.24) is 15.1 Å². The zero-order valence-electron chi connectivity index (χ0n) is 12.6. The van der Waals surface area contributed by atoms with Gasteiger partial charge in [-0.3, -0.25) is 4.68 Å². The van der Waals surface area contributed by atoms with Crippen LogP contribution in [0.1, 0.15) is 64.4 Å². The van der Waals surface area contributed by atoms with E-state index >= 15 is 0 Å². The average Bonchev–Trinajstić information content (AvgIpc) is 2.69. The zero-order chi connectivity index (χ0) is 13.5. The van der Waals surface area contributed by atoms with Gasteiger partial charge in [0.1, 0.15) is 0 Å². The minimum atomic E-state index is 0.632. The topological polar surface area (TPSA) is 29.9 Å². The predicted octanol–water partition coefficient (Wildman–Crippen LogP) is 3.74. The quantitative estimate of drug-likeness (QED) is 0.792. The summed E-state index contributed by atoms with van der Waals surface area (Å²) in [6.45, 7) is 6.53. The maximum atomic E-state index is 4.39. The van der Waals surface area contributed by atoms with Gasteiger partial charge in [0.25, 0.3) is 0 Å². The molecule has 3 heteroatoms.